The molecule has 0 radical (unpaired) electrons. The fourth-order valence-electron chi connectivity index (χ4n) is 2.32. The molecule has 106 valence electrons. The highest BCUT2D eigenvalue weighted by molar-refractivity contribution is 6.30. The highest BCUT2D eigenvalue weighted by atomic mass is 35.5. The molecule has 0 aliphatic heterocycles. The minimum absolute atomic E-state index is 0.619. The van der Waals surface area contributed by atoms with Gasteiger partial charge in [-0.25, -0.2) is 0 Å². The first kappa shape index (κ1) is 13.6. The van der Waals surface area contributed by atoms with Crippen molar-refractivity contribution in [3.05, 3.63) is 53.3 Å². The lowest BCUT2D eigenvalue weighted by Crippen LogP contribution is -1.97. The number of aromatic nitrogens is 3. The number of anilines is 1. The van der Waals surface area contributed by atoms with Crippen LogP contribution in [-0.2, 0) is 7.05 Å². The molecule has 0 atom stereocenters. The van der Waals surface area contributed by atoms with E-state index in [4.69, 9.17) is 17.3 Å². The van der Waals surface area contributed by atoms with Gasteiger partial charge in [0.25, 0.3) is 0 Å². The van der Waals surface area contributed by atoms with Crippen molar-refractivity contribution >= 4 is 17.4 Å². The van der Waals surface area contributed by atoms with Crippen molar-refractivity contribution in [2.75, 3.05) is 5.73 Å². The Morgan fingerprint density at radius 1 is 1.10 bits per heavy atom. The second kappa shape index (κ2) is 5.22. The highest BCUT2D eigenvalue weighted by Gasteiger charge is 2.17. The predicted octanol–water partition coefficient (Wildman–Crippen LogP) is 3.69. The predicted molar refractivity (Wildman–Crippen MR) is 86.0 cm³/mol. The summed E-state index contributed by atoms with van der Waals surface area (Å²) >= 11 is 5.96. The molecule has 3 rings (SSSR count). The minimum atomic E-state index is 0.619. The summed E-state index contributed by atoms with van der Waals surface area (Å²) in [6.45, 7) is 2.00. The van der Waals surface area contributed by atoms with Crippen LogP contribution in [0.3, 0.4) is 0 Å². The zero-order valence-corrected chi connectivity index (χ0v) is 12.6. The molecule has 21 heavy (non-hydrogen) atoms. The molecule has 0 spiro atoms. The number of benzene rings is 1. The minimum Gasteiger partial charge on any atom is -0.383 e. The highest BCUT2D eigenvalue weighted by Crippen LogP contribution is 2.36. The number of halogens is 1. The van der Waals surface area contributed by atoms with Gasteiger partial charge in [0.15, 0.2) is 0 Å². The van der Waals surface area contributed by atoms with Gasteiger partial charge in [-0.05, 0) is 36.2 Å². The van der Waals surface area contributed by atoms with E-state index in [1.54, 1.807) is 10.9 Å². The van der Waals surface area contributed by atoms with Gasteiger partial charge in [-0.15, -0.1) is 0 Å². The number of nitrogens with two attached hydrogens (primary N) is 1. The van der Waals surface area contributed by atoms with E-state index in [2.05, 4.69) is 10.1 Å². The number of rotatable bonds is 2. The zero-order valence-electron chi connectivity index (χ0n) is 11.8. The zero-order chi connectivity index (χ0) is 15.0. The maximum atomic E-state index is 6.20. The largest absolute Gasteiger partial charge is 0.383 e. The van der Waals surface area contributed by atoms with Crippen LogP contribution in [0, 0.1) is 6.92 Å². The van der Waals surface area contributed by atoms with Crippen molar-refractivity contribution in [3.63, 3.8) is 0 Å². The molecule has 0 amide bonds. The van der Waals surface area contributed by atoms with Crippen LogP contribution in [0.5, 0.6) is 0 Å². The summed E-state index contributed by atoms with van der Waals surface area (Å²) in [5, 5.41) is 5.23. The van der Waals surface area contributed by atoms with E-state index in [-0.39, 0.29) is 0 Å². The van der Waals surface area contributed by atoms with Gasteiger partial charge in [-0.1, -0.05) is 23.7 Å². The standard InChI is InChI=1S/C16H15ClN4/c1-10-7-12(9-19-8-10)15-14(16(18)21(2)20-15)11-3-5-13(17)6-4-11/h3-9H,18H2,1-2H3. The summed E-state index contributed by atoms with van der Waals surface area (Å²) in [4.78, 5) is 4.24. The summed E-state index contributed by atoms with van der Waals surface area (Å²) in [7, 11) is 1.83. The maximum Gasteiger partial charge on any atom is 0.129 e. The molecule has 0 bridgehead atoms. The van der Waals surface area contributed by atoms with E-state index >= 15 is 0 Å². The fraction of sp³-hybridized carbons (Fsp3) is 0.125. The number of hydrogen-bond donors (Lipinski definition) is 1. The van der Waals surface area contributed by atoms with Crippen molar-refractivity contribution < 1.29 is 0 Å². The normalized spacial score (nSPS) is 10.8. The average Bonchev–Trinajstić information content (AvgIpc) is 2.76. The van der Waals surface area contributed by atoms with E-state index in [1.165, 1.54) is 0 Å². The lowest BCUT2D eigenvalue weighted by atomic mass is 10.0. The molecule has 0 saturated carbocycles. The van der Waals surface area contributed by atoms with E-state index < -0.39 is 0 Å². The molecule has 3 aromatic rings. The Morgan fingerprint density at radius 3 is 2.48 bits per heavy atom. The first-order valence-electron chi connectivity index (χ1n) is 6.56. The SMILES string of the molecule is Cc1cncc(-c2nn(C)c(N)c2-c2ccc(Cl)cc2)c1. The van der Waals surface area contributed by atoms with Gasteiger partial charge in [0, 0.05) is 30.0 Å². The van der Waals surface area contributed by atoms with Crippen LogP contribution in [-0.4, -0.2) is 14.8 Å². The lowest BCUT2D eigenvalue weighted by molar-refractivity contribution is 0.782. The van der Waals surface area contributed by atoms with Crippen LogP contribution in [0.4, 0.5) is 5.82 Å². The van der Waals surface area contributed by atoms with Gasteiger partial charge in [-0.3, -0.25) is 9.67 Å². The molecular weight excluding hydrogens is 284 g/mol. The molecule has 0 fully saturated rings. The quantitative estimate of drug-likeness (QED) is 0.785. The third kappa shape index (κ3) is 2.50. The number of aryl methyl sites for hydroxylation is 2. The summed E-state index contributed by atoms with van der Waals surface area (Å²) < 4.78 is 1.68. The van der Waals surface area contributed by atoms with E-state index in [9.17, 15) is 0 Å². The topological polar surface area (TPSA) is 56.7 Å². The van der Waals surface area contributed by atoms with E-state index in [1.807, 2.05) is 50.5 Å². The molecule has 5 heteroatoms. The van der Waals surface area contributed by atoms with Gasteiger partial charge >= 0.3 is 0 Å². The molecule has 0 saturated heterocycles. The molecule has 0 aliphatic rings. The Morgan fingerprint density at radius 2 is 1.81 bits per heavy atom. The molecule has 0 unspecified atom stereocenters. The van der Waals surface area contributed by atoms with Gasteiger partial charge in [0.1, 0.15) is 11.5 Å². The number of nitrogens with zero attached hydrogens (tertiary/aromatic N) is 3. The molecule has 2 N–H and O–H groups in total. The lowest BCUT2D eigenvalue weighted by Gasteiger charge is -2.05. The van der Waals surface area contributed by atoms with Gasteiger partial charge in [0.2, 0.25) is 0 Å². The number of hydrogen-bond acceptors (Lipinski definition) is 3. The third-order valence-electron chi connectivity index (χ3n) is 3.37. The van der Waals surface area contributed by atoms with Crippen LogP contribution in [0.2, 0.25) is 5.02 Å². The van der Waals surface area contributed by atoms with Crippen LogP contribution in [0.25, 0.3) is 22.4 Å². The van der Waals surface area contributed by atoms with Gasteiger partial charge in [-0.2, -0.15) is 5.10 Å². The fourth-order valence-corrected chi connectivity index (χ4v) is 2.45. The Hall–Kier alpha value is -2.33. The van der Waals surface area contributed by atoms with Crippen LogP contribution in [0.15, 0.2) is 42.7 Å². The Balaban J connectivity index is 2.23. The van der Waals surface area contributed by atoms with Crippen LogP contribution >= 0.6 is 11.6 Å². The van der Waals surface area contributed by atoms with E-state index in [0.29, 0.717) is 10.8 Å². The van der Waals surface area contributed by atoms with Gasteiger partial charge < -0.3 is 5.73 Å². The van der Waals surface area contributed by atoms with Crippen molar-refractivity contribution in [3.8, 4) is 22.4 Å². The average molecular weight is 299 g/mol. The van der Waals surface area contributed by atoms with E-state index in [0.717, 1.165) is 27.9 Å². The molecule has 0 aliphatic carbocycles. The van der Waals surface area contributed by atoms with Gasteiger partial charge in [0.05, 0.1) is 5.56 Å². The first-order chi connectivity index (χ1) is 10.1. The number of pyridine rings is 1. The smallest absolute Gasteiger partial charge is 0.129 e. The molecule has 2 aromatic heterocycles. The summed E-state index contributed by atoms with van der Waals surface area (Å²) in [5.74, 6) is 0.619. The monoisotopic (exact) mass is 298 g/mol. The molecular formula is C16H15ClN4. The summed E-state index contributed by atoms with van der Waals surface area (Å²) in [6, 6.07) is 9.64. The van der Waals surface area contributed by atoms with Crippen LogP contribution < -0.4 is 5.73 Å². The Kier molecular flexibility index (Phi) is 3.39. The Bertz CT molecular complexity index is 791. The Labute approximate surface area is 128 Å². The van der Waals surface area contributed by atoms with Crippen molar-refractivity contribution in [1.82, 2.24) is 14.8 Å². The van der Waals surface area contributed by atoms with Crippen molar-refractivity contribution in [2.24, 2.45) is 7.05 Å². The third-order valence-corrected chi connectivity index (χ3v) is 3.62. The second-order valence-electron chi connectivity index (χ2n) is 4.99. The molecule has 2 heterocycles. The van der Waals surface area contributed by atoms with Crippen molar-refractivity contribution in [1.29, 1.82) is 0 Å². The van der Waals surface area contributed by atoms with Crippen LogP contribution in [0.1, 0.15) is 5.56 Å². The first-order valence-corrected chi connectivity index (χ1v) is 6.94. The molecule has 1 aromatic carbocycles. The summed E-state index contributed by atoms with van der Waals surface area (Å²) in [5.41, 5.74) is 10.9. The second-order valence-corrected chi connectivity index (χ2v) is 5.43. The summed E-state index contributed by atoms with van der Waals surface area (Å²) in [6.07, 6.45) is 3.62. The van der Waals surface area contributed by atoms with Crippen molar-refractivity contribution in [2.45, 2.75) is 6.92 Å². The maximum absolute atomic E-state index is 6.20. The molecule has 4 nitrogen and oxygen atoms in total. The number of nitrogen functional groups attached to an aromatic ring is 1.